The van der Waals surface area contributed by atoms with Crippen molar-refractivity contribution in [2.24, 2.45) is 0 Å². The fraction of sp³-hybridized carbons (Fsp3) is 0.250. The highest BCUT2D eigenvalue weighted by atomic mass is 19.1. The number of rotatable bonds is 5. The molecule has 0 aromatic heterocycles. The SMILES string of the molecule is CCC(Nc1cc(OC)ccc1F)c1ccc(O)cc1. The van der Waals surface area contributed by atoms with Crippen molar-refractivity contribution in [3.63, 3.8) is 0 Å². The normalized spacial score (nSPS) is 11.9. The maximum absolute atomic E-state index is 13.8. The number of halogens is 1. The van der Waals surface area contributed by atoms with Crippen molar-refractivity contribution in [2.45, 2.75) is 19.4 Å². The first kappa shape index (κ1) is 14.2. The highest BCUT2D eigenvalue weighted by molar-refractivity contribution is 5.51. The van der Waals surface area contributed by atoms with Gasteiger partial charge in [-0.05, 0) is 36.2 Å². The Balaban J connectivity index is 2.23. The molecule has 1 unspecified atom stereocenters. The first-order chi connectivity index (χ1) is 9.63. The summed E-state index contributed by atoms with van der Waals surface area (Å²) in [6.45, 7) is 2.02. The summed E-state index contributed by atoms with van der Waals surface area (Å²) >= 11 is 0. The molecule has 4 heteroatoms. The van der Waals surface area contributed by atoms with Crippen LogP contribution in [0.4, 0.5) is 10.1 Å². The molecule has 0 fully saturated rings. The number of phenols is 1. The average Bonchev–Trinajstić information content (AvgIpc) is 2.47. The molecule has 0 saturated heterocycles. The Bertz CT molecular complexity index is 569. The van der Waals surface area contributed by atoms with E-state index in [2.05, 4.69) is 5.32 Å². The van der Waals surface area contributed by atoms with Crippen LogP contribution in [0.3, 0.4) is 0 Å². The molecule has 0 spiro atoms. The first-order valence-electron chi connectivity index (χ1n) is 6.53. The van der Waals surface area contributed by atoms with Crippen molar-refractivity contribution in [2.75, 3.05) is 12.4 Å². The summed E-state index contributed by atoms with van der Waals surface area (Å²) in [4.78, 5) is 0. The zero-order valence-corrected chi connectivity index (χ0v) is 11.6. The number of phenolic OH excluding ortho intramolecular Hbond substituents is 1. The van der Waals surface area contributed by atoms with Gasteiger partial charge in [0.2, 0.25) is 0 Å². The van der Waals surface area contributed by atoms with Gasteiger partial charge in [-0.15, -0.1) is 0 Å². The maximum atomic E-state index is 13.8. The van der Waals surface area contributed by atoms with Crippen LogP contribution in [-0.4, -0.2) is 12.2 Å². The van der Waals surface area contributed by atoms with Crippen molar-refractivity contribution < 1.29 is 14.2 Å². The van der Waals surface area contributed by atoms with Gasteiger partial charge in [-0.2, -0.15) is 0 Å². The van der Waals surface area contributed by atoms with E-state index in [9.17, 15) is 9.50 Å². The number of methoxy groups -OCH3 is 1. The van der Waals surface area contributed by atoms with Crippen molar-refractivity contribution in [3.8, 4) is 11.5 Å². The van der Waals surface area contributed by atoms with Gasteiger partial charge in [-0.1, -0.05) is 19.1 Å². The van der Waals surface area contributed by atoms with Gasteiger partial charge in [-0.25, -0.2) is 4.39 Å². The van der Waals surface area contributed by atoms with Crippen molar-refractivity contribution in [1.82, 2.24) is 0 Å². The summed E-state index contributed by atoms with van der Waals surface area (Å²) in [5.41, 5.74) is 1.40. The molecule has 0 aliphatic rings. The number of benzene rings is 2. The second-order valence-electron chi connectivity index (χ2n) is 4.54. The minimum Gasteiger partial charge on any atom is -0.508 e. The van der Waals surface area contributed by atoms with Gasteiger partial charge in [0.05, 0.1) is 18.8 Å². The van der Waals surface area contributed by atoms with Gasteiger partial charge in [-0.3, -0.25) is 0 Å². The third-order valence-corrected chi connectivity index (χ3v) is 3.21. The first-order valence-corrected chi connectivity index (χ1v) is 6.53. The topological polar surface area (TPSA) is 41.5 Å². The highest BCUT2D eigenvalue weighted by Gasteiger charge is 2.12. The van der Waals surface area contributed by atoms with Crippen LogP contribution in [0.15, 0.2) is 42.5 Å². The minimum atomic E-state index is -0.317. The van der Waals surface area contributed by atoms with Crippen LogP contribution in [0.5, 0.6) is 11.5 Å². The number of ether oxygens (including phenoxy) is 1. The van der Waals surface area contributed by atoms with Gasteiger partial charge >= 0.3 is 0 Å². The molecular formula is C16H18FNO2. The fourth-order valence-electron chi connectivity index (χ4n) is 2.06. The highest BCUT2D eigenvalue weighted by Crippen LogP contribution is 2.28. The van der Waals surface area contributed by atoms with Crippen LogP contribution >= 0.6 is 0 Å². The molecule has 0 saturated carbocycles. The molecule has 0 aliphatic heterocycles. The van der Waals surface area contributed by atoms with Crippen molar-refractivity contribution in [3.05, 3.63) is 53.8 Å². The fourth-order valence-corrected chi connectivity index (χ4v) is 2.06. The Hall–Kier alpha value is -2.23. The van der Waals surface area contributed by atoms with Crippen LogP contribution in [0.25, 0.3) is 0 Å². The van der Waals surface area contributed by atoms with Gasteiger partial charge in [0, 0.05) is 6.07 Å². The van der Waals surface area contributed by atoms with Crippen LogP contribution in [0.2, 0.25) is 0 Å². The largest absolute Gasteiger partial charge is 0.508 e. The predicted octanol–water partition coefficient (Wildman–Crippen LogP) is 4.10. The van der Waals surface area contributed by atoms with E-state index >= 15 is 0 Å². The molecule has 20 heavy (non-hydrogen) atoms. The second-order valence-corrected chi connectivity index (χ2v) is 4.54. The summed E-state index contributed by atoms with van der Waals surface area (Å²) in [5, 5.41) is 12.5. The molecule has 2 N–H and O–H groups in total. The number of anilines is 1. The molecule has 1 atom stereocenters. The lowest BCUT2D eigenvalue weighted by atomic mass is 10.0. The van der Waals surface area contributed by atoms with Gasteiger partial charge < -0.3 is 15.2 Å². The Kier molecular flexibility index (Phi) is 4.45. The van der Waals surface area contributed by atoms with E-state index in [0.717, 1.165) is 12.0 Å². The van der Waals surface area contributed by atoms with E-state index in [1.54, 1.807) is 31.4 Å². The molecule has 0 amide bonds. The lowest BCUT2D eigenvalue weighted by Crippen LogP contribution is -2.10. The number of nitrogens with one attached hydrogen (secondary N) is 1. The molecule has 106 valence electrons. The van der Waals surface area contributed by atoms with Crippen LogP contribution in [0.1, 0.15) is 24.9 Å². The second kappa shape index (κ2) is 6.28. The van der Waals surface area contributed by atoms with Crippen molar-refractivity contribution in [1.29, 1.82) is 0 Å². The van der Waals surface area contributed by atoms with Crippen molar-refractivity contribution >= 4 is 5.69 Å². The van der Waals surface area contributed by atoms with E-state index in [4.69, 9.17) is 4.74 Å². The van der Waals surface area contributed by atoms with E-state index in [-0.39, 0.29) is 17.6 Å². The average molecular weight is 275 g/mol. The monoisotopic (exact) mass is 275 g/mol. The zero-order valence-electron chi connectivity index (χ0n) is 11.6. The Morgan fingerprint density at radius 2 is 1.90 bits per heavy atom. The minimum absolute atomic E-state index is 0.0304. The maximum Gasteiger partial charge on any atom is 0.146 e. The Morgan fingerprint density at radius 3 is 2.50 bits per heavy atom. The summed E-state index contributed by atoms with van der Waals surface area (Å²) in [6.07, 6.45) is 0.793. The lowest BCUT2D eigenvalue weighted by molar-refractivity contribution is 0.414. The van der Waals surface area contributed by atoms with E-state index < -0.39 is 0 Å². The quantitative estimate of drug-likeness (QED) is 0.863. The summed E-state index contributed by atoms with van der Waals surface area (Å²) in [5.74, 6) is 0.508. The predicted molar refractivity (Wildman–Crippen MR) is 77.7 cm³/mol. The van der Waals surface area contributed by atoms with Crippen LogP contribution in [-0.2, 0) is 0 Å². The third kappa shape index (κ3) is 3.20. The smallest absolute Gasteiger partial charge is 0.146 e. The summed E-state index contributed by atoms with van der Waals surface area (Å²) in [7, 11) is 1.55. The molecule has 0 heterocycles. The standard InChI is InChI=1S/C16H18FNO2/c1-3-15(11-4-6-12(19)7-5-11)18-16-10-13(20-2)8-9-14(16)17/h4-10,15,18-19H,3H2,1-2H3. The molecule has 3 nitrogen and oxygen atoms in total. The molecule has 0 radical (unpaired) electrons. The van der Waals surface area contributed by atoms with Gasteiger partial charge in [0.25, 0.3) is 0 Å². The number of hydrogen-bond donors (Lipinski definition) is 2. The van der Waals surface area contributed by atoms with Crippen LogP contribution < -0.4 is 10.1 Å². The van der Waals surface area contributed by atoms with E-state index in [1.165, 1.54) is 6.07 Å². The summed E-state index contributed by atoms with van der Waals surface area (Å²) < 4.78 is 18.9. The molecule has 2 aromatic rings. The van der Waals surface area contributed by atoms with Gasteiger partial charge in [0.15, 0.2) is 0 Å². The van der Waals surface area contributed by atoms with E-state index in [1.807, 2.05) is 19.1 Å². The lowest BCUT2D eigenvalue weighted by Gasteiger charge is -2.19. The molecule has 2 aromatic carbocycles. The van der Waals surface area contributed by atoms with E-state index in [0.29, 0.717) is 11.4 Å². The molecule has 0 bridgehead atoms. The zero-order chi connectivity index (χ0) is 14.5. The van der Waals surface area contributed by atoms with Gasteiger partial charge in [0.1, 0.15) is 17.3 Å². The number of aromatic hydroxyl groups is 1. The summed E-state index contributed by atoms with van der Waals surface area (Å²) in [6, 6.07) is 11.5. The number of hydrogen-bond acceptors (Lipinski definition) is 3. The Morgan fingerprint density at radius 1 is 1.20 bits per heavy atom. The molecule has 0 aliphatic carbocycles. The molecule has 2 rings (SSSR count). The van der Waals surface area contributed by atoms with Crippen LogP contribution in [0, 0.1) is 5.82 Å². The Labute approximate surface area is 118 Å². The molecular weight excluding hydrogens is 257 g/mol. The third-order valence-electron chi connectivity index (χ3n) is 3.21.